The molecule has 1 aromatic heterocycles. The highest BCUT2D eigenvalue weighted by Crippen LogP contribution is 2.24. The van der Waals surface area contributed by atoms with Crippen molar-refractivity contribution in [2.24, 2.45) is 0 Å². The fourth-order valence-electron chi connectivity index (χ4n) is 4.39. The lowest BCUT2D eigenvalue weighted by molar-refractivity contribution is 0.122. The average Bonchev–Trinajstić information content (AvgIpc) is 3.08. The predicted octanol–water partition coefficient (Wildman–Crippen LogP) is 4.74. The van der Waals surface area contributed by atoms with Crippen LogP contribution in [-0.4, -0.2) is 47.3 Å². The number of nitrogens with one attached hydrogen (secondary N) is 2. The highest BCUT2D eigenvalue weighted by Gasteiger charge is 2.19. The van der Waals surface area contributed by atoms with Gasteiger partial charge in [-0.25, -0.2) is 0 Å². The van der Waals surface area contributed by atoms with E-state index in [1.54, 1.807) is 0 Å². The van der Waals surface area contributed by atoms with E-state index in [9.17, 15) is 0 Å². The minimum atomic E-state index is 0.427. The van der Waals surface area contributed by atoms with E-state index in [1.165, 1.54) is 49.3 Å². The number of benzene rings is 2. The highest BCUT2D eigenvalue weighted by molar-refractivity contribution is 5.86. The normalized spacial score (nSPS) is 18.0. The van der Waals surface area contributed by atoms with Gasteiger partial charge in [0.1, 0.15) is 0 Å². The Balaban J connectivity index is 1.42. The minimum Gasteiger partial charge on any atom is -0.378 e. The molecule has 1 aliphatic heterocycles. The molecule has 7 heteroatoms. The molecule has 0 amide bonds. The molecular weight excluding hydrogens is 388 g/mol. The highest BCUT2D eigenvalue weighted by atomic mass is 16.5. The van der Waals surface area contributed by atoms with Crippen LogP contribution in [0.2, 0.25) is 0 Å². The zero-order chi connectivity index (χ0) is 20.9. The van der Waals surface area contributed by atoms with Gasteiger partial charge in [-0.1, -0.05) is 56.0 Å². The van der Waals surface area contributed by atoms with E-state index in [1.807, 2.05) is 0 Å². The number of fused-ring (bicyclic) bond motifs is 1. The Bertz CT molecular complexity index is 1010. The molecule has 0 bridgehead atoms. The number of nitrogens with zero attached hydrogens (tertiary/aromatic N) is 4. The Kier molecular flexibility index (Phi) is 6.11. The number of ether oxygens (including phenoxy) is 1. The molecule has 2 aliphatic rings. The van der Waals surface area contributed by atoms with Gasteiger partial charge in [0.15, 0.2) is 0 Å². The summed E-state index contributed by atoms with van der Waals surface area (Å²) in [5, 5.41) is 9.40. The summed E-state index contributed by atoms with van der Waals surface area (Å²) in [6, 6.07) is 15.1. The van der Waals surface area contributed by atoms with Crippen LogP contribution in [0.15, 0.2) is 42.5 Å². The van der Waals surface area contributed by atoms with Crippen molar-refractivity contribution in [1.82, 2.24) is 15.0 Å². The van der Waals surface area contributed by atoms with E-state index in [0.29, 0.717) is 37.1 Å². The SMILES string of the molecule is c1ccc2cc(Nc3nc(NC4CCCCCC4)nc(N4CCOCC4)n3)ccc2c1. The van der Waals surface area contributed by atoms with Gasteiger partial charge in [-0.05, 0) is 35.7 Å². The maximum Gasteiger partial charge on any atom is 0.233 e. The molecule has 1 saturated carbocycles. The average molecular weight is 419 g/mol. The van der Waals surface area contributed by atoms with Crippen molar-refractivity contribution < 1.29 is 4.74 Å². The summed E-state index contributed by atoms with van der Waals surface area (Å²) in [5.41, 5.74) is 0.971. The van der Waals surface area contributed by atoms with Crippen LogP contribution in [0.1, 0.15) is 38.5 Å². The first-order valence-corrected chi connectivity index (χ1v) is 11.4. The van der Waals surface area contributed by atoms with Crippen molar-refractivity contribution in [2.75, 3.05) is 41.8 Å². The fourth-order valence-corrected chi connectivity index (χ4v) is 4.39. The van der Waals surface area contributed by atoms with Gasteiger partial charge in [0.05, 0.1) is 13.2 Å². The molecule has 1 aliphatic carbocycles. The summed E-state index contributed by atoms with van der Waals surface area (Å²) in [6.07, 6.45) is 7.52. The summed E-state index contributed by atoms with van der Waals surface area (Å²) in [7, 11) is 0. The fraction of sp³-hybridized carbons (Fsp3) is 0.458. The van der Waals surface area contributed by atoms with Gasteiger partial charge in [-0.2, -0.15) is 15.0 Å². The van der Waals surface area contributed by atoms with Gasteiger partial charge >= 0.3 is 0 Å². The Morgan fingerprint density at radius 3 is 2.35 bits per heavy atom. The predicted molar refractivity (Wildman–Crippen MR) is 125 cm³/mol. The van der Waals surface area contributed by atoms with Crippen LogP contribution in [0.4, 0.5) is 23.5 Å². The number of morpholine rings is 1. The van der Waals surface area contributed by atoms with Gasteiger partial charge in [0.25, 0.3) is 0 Å². The van der Waals surface area contributed by atoms with Gasteiger partial charge in [-0.3, -0.25) is 0 Å². The van der Waals surface area contributed by atoms with Crippen molar-refractivity contribution in [3.8, 4) is 0 Å². The molecular formula is C24H30N6O. The van der Waals surface area contributed by atoms with Crippen molar-refractivity contribution in [3.63, 3.8) is 0 Å². The first-order chi connectivity index (χ1) is 15.3. The van der Waals surface area contributed by atoms with Crippen LogP contribution in [0, 0.1) is 0 Å². The molecule has 0 radical (unpaired) electrons. The van der Waals surface area contributed by atoms with E-state index >= 15 is 0 Å². The van der Waals surface area contributed by atoms with Crippen LogP contribution in [0.25, 0.3) is 10.8 Å². The van der Waals surface area contributed by atoms with Crippen molar-refractivity contribution in [1.29, 1.82) is 0 Å². The third kappa shape index (κ3) is 5.05. The van der Waals surface area contributed by atoms with E-state index in [0.717, 1.165) is 18.8 Å². The molecule has 2 aromatic carbocycles. The van der Waals surface area contributed by atoms with Gasteiger partial charge in [0, 0.05) is 24.8 Å². The number of hydrogen-bond acceptors (Lipinski definition) is 7. The summed E-state index contributed by atoms with van der Waals surface area (Å²) in [5.74, 6) is 1.94. The zero-order valence-corrected chi connectivity index (χ0v) is 17.9. The maximum absolute atomic E-state index is 5.51. The lowest BCUT2D eigenvalue weighted by atomic mass is 10.1. The van der Waals surface area contributed by atoms with Crippen LogP contribution in [0.5, 0.6) is 0 Å². The van der Waals surface area contributed by atoms with Crippen LogP contribution in [0.3, 0.4) is 0 Å². The van der Waals surface area contributed by atoms with Crippen molar-refractivity contribution >= 4 is 34.3 Å². The second-order valence-electron chi connectivity index (χ2n) is 8.40. The van der Waals surface area contributed by atoms with E-state index in [-0.39, 0.29) is 0 Å². The number of aromatic nitrogens is 3. The van der Waals surface area contributed by atoms with E-state index in [4.69, 9.17) is 19.7 Å². The van der Waals surface area contributed by atoms with Crippen LogP contribution < -0.4 is 15.5 Å². The number of rotatable bonds is 5. The molecule has 1 saturated heterocycles. The lowest BCUT2D eigenvalue weighted by Gasteiger charge is -2.27. The molecule has 5 rings (SSSR count). The second-order valence-corrected chi connectivity index (χ2v) is 8.40. The third-order valence-corrected chi connectivity index (χ3v) is 6.11. The largest absolute Gasteiger partial charge is 0.378 e. The summed E-state index contributed by atoms with van der Waals surface area (Å²) >= 11 is 0. The van der Waals surface area contributed by atoms with Crippen molar-refractivity contribution in [2.45, 2.75) is 44.6 Å². The van der Waals surface area contributed by atoms with E-state index in [2.05, 4.69) is 58.0 Å². The number of anilines is 4. The molecule has 31 heavy (non-hydrogen) atoms. The Labute approximate surface area is 183 Å². The van der Waals surface area contributed by atoms with Gasteiger partial charge < -0.3 is 20.3 Å². The third-order valence-electron chi connectivity index (χ3n) is 6.11. The molecule has 2 N–H and O–H groups in total. The topological polar surface area (TPSA) is 75.2 Å². The quantitative estimate of drug-likeness (QED) is 0.580. The molecule has 2 heterocycles. The summed E-state index contributed by atoms with van der Waals surface area (Å²) < 4.78 is 5.51. The number of hydrogen-bond donors (Lipinski definition) is 2. The molecule has 0 atom stereocenters. The summed E-state index contributed by atoms with van der Waals surface area (Å²) in [6.45, 7) is 2.99. The second kappa shape index (κ2) is 9.47. The van der Waals surface area contributed by atoms with Crippen LogP contribution >= 0.6 is 0 Å². The first-order valence-electron chi connectivity index (χ1n) is 11.4. The monoisotopic (exact) mass is 418 g/mol. The molecule has 2 fully saturated rings. The van der Waals surface area contributed by atoms with E-state index < -0.39 is 0 Å². The van der Waals surface area contributed by atoms with Crippen LogP contribution in [-0.2, 0) is 4.74 Å². The van der Waals surface area contributed by atoms with Crippen molar-refractivity contribution in [3.05, 3.63) is 42.5 Å². The zero-order valence-electron chi connectivity index (χ0n) is 17.9. The lowest BCUT2D eigenvalue weighted by Crippen LogP contribution is -2.37. The maximum atomic E-state index is 5.51. The molecule has 0 spiro atoms. The Morgan fingerprint density at radius 2 is 1.55 bits per heavy atom. The van der Waals surface area contributed by atoms with Gasteiger partial charge in [0.2, 0.25) is 17.8 Å². The minimum absolute atomic E-state index is 0.427. The molecule has 3 aromatic rings. The Hall–Kier alpha value is -2.93. The smallest absolute Gasteiger partial charge is 0.233 e. The molecule has 162 valence electrons. The molecule has 0 unspecified atom stereocenters. The first kappa shape index (κ1) is 20.0. The summed E-state index contributed by atoms with van der Waals surface area (Å²) in [4.78, 5) is 16.4. The standard InChI is InChI=1S/C24H30N6O/c1-2-4-10-20(9-3-1)25-22-27-23(29-24(28-22)30-13-15-31-16-14-30)26-21-12-11-18-7-5-6-8-19(18)17-21/h5-8,11-12,17,20H,1-4,9-10,13-16H2,(H2,25,26,27,28,29). The Morgan fingerprint density at radius 1 is 0.806 bits per heavy atom. The molecule has 7 nitrogen and oxygen atoms in total. The van der Waals surface area contributed by atoms with Gasteiger partial charge in [-0.15, -0.1) is 0 Å².